The van der Waals surface area contributed by atoms with Crippen LogP contribution in [0.2, 0.25) is 0 Å². The maximum Gasteiger partial charge on any atom is 0.0773 e. The van der Waals surface area contributed by atoms with Crippen LogP contribution in [0.3, 0.4) is 0 Å². The SMILES string of the molecule is NC(CO)(CN1Cc2ccccc2C1)c1ccccc1. The van der Waals surface area contributed by atoms with E-state index < -0.39 is 5.54 Å². The van der Waals surface area contributed by atoms with Crippen LogP contribution >= 0.6 is 0 Å². The van der Waals surface area contributed by atoms with Gasteiger partial charge in [0.25, 0.3) is 0 Å². The lowest BCUT2D eigenvalue weighted by molar-refractivity contribution is 0.135. The summed E-state index contributed by atoms with van der Waals surface area (Å²) in [6.45, 7) is 2.41. The maximum absolute atomic E-state index is 9.76. The number of nitrogens with two attached hydrogens (primary N) is 1. The molecule has 0 fully saturated rings. The molecule has 1 unspecified atom stereocenters. The van der Waals surface area contributed by atoms with Crippen molar-refractivity contribution in [1.29, 1.82) is 0 Å². The fourth-order valence-corrected chi connectivity index (χ4v) is 2.92. The second-order valence-corrected chi connectivity index (χ2v) is 5.59. The van der Waals surface area contributed by atoms with Gasteiger partial charge in [0.05, 0.1) is 12.1 Å². The monoisotopic (exact) mass is 268 g/mol. The number of hydrogen-bond donors (Lipinski definition) is 2. The Bertz CT molecular complexity index is 560. The highest BCUT2D eigenvalue weighted by molar-refractivity contribution is 5.31. The van der Waals surface area contributed by atoms with E-state index in [0.717, 1.165) is 18.7 Å². The lowest BCUT2D eigenvalue weighted by Crippen LogP contribution is -2.49. The number of aliphatic hydroxyl groups excluding tert-OH is 1. The maximum atomic E-state index is 9.76. The van der Waals surface area contributed by atoms with Crippen molar-refractivity contribution in [3.8, 4) is 0 Å². The number of hydrogen-bond acceptors (Lipinski definition) is 3. The number of fused-ring (bicyclic) bond motifs is 1. The molecule has 0 amide bonds. The van der Waals surface area contributed by atoms with E-state index in [1.807, 2.05) is 30.3 Å². The minimum absolute atomic E-state index is 0.0517. The highest BCUT2D eigenvalue weighted by atomic mass is 16.3. The first-order valence-corrected chi connectivity index (χ1v) is 6.96. The lowest BCUT2D eigenvalue weighted by Gasteiger charge is -2.32. The molecule has 0 aromatic heterocycles. The Hall–Kier alpha value is -1.68. The smallest absolute Gasteiger partial charge is 0.0773 e. The molecule has 1 atom stereocenters. The summed E-state index contributed by atoms with van der Waals surface area (Å²) in [7, 11) is 0. The van der Waals surface area contributed by atoms with Crippen molar-refractivity contribution in [2.75, 3.05) is 13.2 Å². The van der Waals surface area contributed by atoms with Crippen LogP contribution in [0, 0.1) is 0 Å². The molecule has 3 nitrogen and oxygen atoms in total. The summed E-state index contributed by atoms with van der Waals surface area (Å²) in [6, 6.07) is 18.3. The molecule has 3 heteroatoms. The fourth-order valence-electron chi connectivity index (χ4n) is 2.92. The van der Waals surface area contributed by atoms with E-state index in [4.69, 9.17) is 5.73 Å². The van der Waals surface area contributed by atoms with E-state index in [9.17, 15) is 5.11 Å². The molecule has 1 heterocycles. The van der Waals surface area contributed by atoms with Gasteiger partial charge in [-0.1, -0.05) is 54.6 Å². The molecule has 0 aliphatic carbocycles. The van der Waals surface area contributed by atoms with Crippen molar-refractivity contribution in [2.24, 2.45) is 5.73 Å². The third kappa shape index (κ3) is 2.48. The Kier molecular flexibility index (Phi) is 3.57. The van der Waals surface area contributed by atoms with E-state index in [1.54, 1.807) is 0 Å². The van der Waals surface area contributed by atoms with Gasteiger partial charge in [0, 0.05) is 19.6 Å². The van der Waals surface area contributed by atoms with Gasteiger partial charge >= 0.3 is 0 Å². The van der Waals surface area contributed by atoms with Crippen molar-refractivity contribution < 1.29 is 5.11 Å². The van der Waals surface area contributed by atoms with Crippen molar-refractivity contribution >= 4 is 0 Å². The van der Waals surface area contributed by atoms with Crippen molar-refractivity contribution in [2.45, 2.75) is 18.6 Å². The lowest BCUT2D eigenvalue weighted by atomic mass is 9.91. The topological polar surface area (TPSA) is 49.5 Å². The molecule has 0 bridgehead atoms. The molecule has 20 heavy (non-hydrogen) atoms. The molecular weight excluding hydrogens is 248 g/mol. The first-order chi connectivity index (χ1) is 9.71. The average Bonchev–Trinajstić information content (AvgIpc) is 2.90. The van der Waals surface area contributed by atoms with Crippen LogP contribution in [0.25, 0.3) is 0 Å². The Labute approximate surface area is 119 Å². The molecule has 1 aliphatic rings. The minimum atomic E-state index is -0.705. The summed E-state index contributed by atoms with van der Waals surface area (Å²) in [4.78, 5) is 2.30. The molecule has 3 rings (SSSR count). The van der Waals surface area contributed by atoms with E-state index in [0.29, 0.717) is 6.54 Å². The van der Waals surface area contributed by atoms with E-state index in [1.165, 1.54) is 11.1 Å². The van der Waals surface area contributed by atoms with Crippen LogP contribution in [0.4, 0.5) is 0 Å². The number of nitrogens with zero attached hydrogens (tertiary/aromatic N) is 1. The molecule has 3 N–H and O–H groups in total. The quantitative estimate of drug-likeness (QED) is 0.889. The Morgan fingerprint density at radius 2 is 1.50 bits per heavy atom. The molecule has 1 aliphatic heterocycles. The average molecular weight is 268 g/mol. The summed E-state index contributed by atoms with van der Waals surface area (Å²) in [5, 5.41) is 9.76. The number of aliphatic hydroxyl groups is 1. The van der Waals surface area contributed by atoms with Crippen molar-refractivity contribution in [3.05, 3.63) is 71.3 Å². The standard InChI is InChI=1S/C17H20N2O/c18-17(13-20,16-8-2-1-3-9-16)12-19-10-14-6-4-5-7-15(14)11-19/h1-9,20H,10-13,18H2. The molecular formula is C17H20N2O. The van der Waals surface area contributed by atoms with E-state index in [-0.39, 0.29) is 6.61 Å². The normalized spacial score (nSPS) is 17.7. The summed E-state index contributed by atoms with van der Waals surface area (Å²) < 4.78 is 0. The van der Waals surface area contributed by atoms with Crippen molar-refractivity contribution in [3.63, 3.8) is 0 Å². The van der Waals surface area contributed by atoms with Crippen LogP contribution in [0.1, 0.15) is 16.7 Å². The molecule has 0 saturated heterocycles. The third-order valence-corrected chi connectivity index (χ3v) is 4.04. The highest BCUT2D eigenvalue weighted by Gasteiger charge is 2.31. The van der Waals surface area contributed by atoms with Gasteiger partial charge in [-0.2, -0.15) is 0 Å². The van der Waals surface area contributed by atoms with Gasteiger partial charge in [-0.25, -0.2) is 0 Å². The zero-order valence-corrected chi connectivity index (χ0v) is 11.5. The summed E-state index contributed by atoms with van der Waals surface area (Å²) in [6.07, 6.45) is 0. The third-order valence-electron chi connectivity index (χ3n) is 4.04. The molecule has 2 aromatic carbocycles. The fraction of sp³-hybridized carbons (Fsp3) is 0.294. The van der Waals surface area contributed by atoms with Crippen LogP contribution in [0.5, 0.6) is 0 Å². The molecule has 0 spiro atoms. The van der Waals surface area contributed by atoms with Gasteiger partial charge in [0.1, 0.15) is 0 Å². The van der Waals surface area contributed by atoms with Crippen molar-refractivity contribution in [1.82, 2.24) is 4.90 Å². The van der Waals surface area contributed by atoms with Gasteiger partial charge in [-0.05, 0) is 16.7 Å². The predicted molar refractivity (Wildman–Crippen MR) is 79.9 cm³/mol. The number of benzene rings is 2. The molecule has 104 valence electrons. The van der Waals surface area contributed by atoms with Crippen LogP contribution in [-0.4, -0.2) is 23.2 Å². The summed E-state index contributed by atoms with van der Waals surface area (Å²) in [5.74, 6) is 0. The van der Waals surface area contributed by atoms with Gasteiger partial charge in [-0.3, -0.25) is 4.90 Å². The zero-order chi connectivity index (χ0) is 14.0. The molecule has 0 saturated carbocycles. The van der Waals surface area contributed by atoms with Gasteiger partial charge in [0.15, 0.2) is 0 Å². The van der Waals surface area contributed by atoms with Gasteiger partial charge in [-0.15, -0.1) is 0 Å². The second-order valence-electron chi connectivity index (χ2n) is 5.59. The Morgan fingerprint density at radius 3 is 2.05 bits per heavy atom. The highest BCUT2D eigenvalue weighted by Crippen LogP contribution is 2.26. The number of rotatable bonds is 4. The van der Waals surface area contributed by atoms with Crippen LogP contribution in [0.15, 0.2) is 54.6 Å². The molecule has 0 radical (unpaired) electrons. The van der Waals surface area contributed by atoms with E-state index in [2.05, 4.69) is 29.2 Å². The summed E-state index contributed by atoms with van der Waals surface area (Å²) >= 11 is 0. The Morgan fingerprint density at radius 1 is 0.950 bits per heavy atom. The predicted octanol–water partition coefficient (Wildman–Crippen LogP) is 1.85. The summed E-state index contributed by atoms with van der Waals surface area (Å²) in [5.41, 5.74) is 9.45. The Balaban J connectivity index is 1.77. The van der Waals surface area contributed by atoms with Crippen LogP contribution in [-0.2, 0) is 18.6 Å². The first-order valence-electron chi connectivity index (χ1n) is 6.96. The first kappa shape index (κ1) is 13.3. The van der Waals surface area contributed by atoms with Gasteiger partial charge < -0.3 is 10.8 Å². The second kappa shape index (κ2) is 5.37. The largest absolute Gasteiger partial charge is 0.394 e. The molecule has 2 aromatic rings. The zero-order valence-electron chi connectivity index (χ0n) is 11.5. The van der Waals surface area contributed by atoms with E-state index >= 15 is 0 Å². The van der Waals surface area contributed by atoms with Gasteiger partial charge in [0.2, 0.25) is 0 Å². The minimum Gasteiger partial charge on any atom is -0.394 e. The van der Waals surface area contributed by atoms with Crippen LogP contribution < -0.4 is 5.73 Å².